The molecule has 2 heterocycles. The van der Waals surface area contributed by atoms with Crippen molar-refractivity contribution < 1.29 is 0 Å². The normalized spacial score (nSPS) is 12.5. The minimum absolute atomic E-state index is 0.123. The largest absolute Gasteiger partial charge is 0.369 e. The molecule has 3 aromatic rings. The molecular weight excluding hydrogens is 322 g/mol. The van der Waals surface area contributed by atoms with Gasteiger partial charge in [-0.25, -0.2) is 9.50 Å². The van der Waals surface area contributed by atoms with Gasteiger partial charge in [0.25, 0.3) is 0 Å². The molecule has 0 amide bonds. The minimum Gasteiger partial charge on any atom is -0.369 e. The van der Waals surface area contributed by atoms with Crippen LogP contribution in [-0.4, -0.2) is 46.7 Å². The Kier molecular flexibility index (Phi) is 4.40. The highest BCUT2D eigenvalue weighted by Crippen LogP contribution is 2.29. The maximum Gasteiger partial charge on any atom is 0.176 e. The Labute approximate surface area is 147 Å². The highest BCUT2D eigenvalue weighted by atomic mass is 35.5. The van der Waals surface area contributed by atoms with Crippen LogP contribution in [0.25, 0.3) is 16.6 Å². The smallest absolute Gasteiger partial charge is 0.176 e. The van der Waals surface area contributed by atoms with Gasteiger partial charge in [-0.2, -0.15) is 5.10 Å². The van der Waals surface area contributed by atoms with Gasteiger partial charge in [0.15, 0.2) is 5.65 Å². The molecule has 128 valence electrons. The summed E-state index contributed by atoms with van der Waals surface area (Å²) >= 11 is 6.39. The summed E-state index contributed by atoms with van der Waals surface area (Å²) in [6.45, 7) is 8.21. The molecule has 0 saturated heterocycles. The molecular formula is C18H24ClN5. The van der Waals surface area contributed by atoms with Crippen LogP contribution in [0.2, 0.25) is 5.02 Å². The Bertz CT molecular complexity index is 882. The predicted octanol–water partition coefficient (Wildman–Crippen LogP) is 3.84. The van der Waals surface area contributed by atoms with Gasteiger partial charge < -0.3 is 10.2 Å². The van der Waals surface area contributed by atoms with Crippen LogP contribution in [0.4, 0.5) is 5.82 Å². The summed E-state index contributed by atoms with van der Waals surface area (Å²) < 4.78 is 1.82. The van der Waals surface area contributed by atoms with Crippen molar-refractivity contribution in [1.82, 2.24) is 19.5 Å². The van der Waals surface area contributed by atoms with Crippen LogP contribution in [0.15, 0.2) is 24.3 Å². The van der Waals surface area contributed by atoms with Crippen LogP contribution in [0.5, 0.6) is 0 Å². The molecule has 0 radical (unpaired) electrons. The topological polar surface area (TPSA) is 45.5 Å². The van der Waals surface area contributed by atoms with Crippen molar-refractivity contribution >= 4 is 34.0 Å². The number of fused-ring (bicyclic) bond motifs is 3. The van der Waals surface area contributed by atoms with E-state index in [2.05, 4.69) is 49.3 Å². The van der Waals surface area contributed by atoms with Crippen molar-refractivity contribution in [2.24, 2.45) is 5.41 Å². The number of aryl methyl sites for hydroxylation is 1. The fourth-order valence-corrected chi connectivity index (χ4v) is 3.31. The number of benzene rings is 1. The van der Waals surface area contributed by atoms with Gasteiger partial charge in [0.2, 0.25) is 0 Å². The van der Waals surface area contributed by atoms with Crippen molar-refractivity contribution in [2.75, 3.05) is 32.5 Å². The van der Waals surface area contributed by atoms with Crippen molar-refractivity contribution in [3.05, 3.63) is 35.0 Å². The Morgan fingerprint density at radius 1 is 1.25 bits per heavy atom. The second-order valence-corrected chi connectivity index (χ2v) is 7.75. The first-order valence-corrected chi connectivity index (χ1v) is 8.48. The SMILES string of the molecule is Cc1nn2c(nc(NCC(C)(C)CN(C)C)c3ccccc32)c1Cl. The van der Waals surface area contributed by atoms with Gasteiger partial charge in [0.1, 0.15) is 10.8 Å². The van der Waals surface area contributed by atoms with Crippen LogP contribution in [0.3, 0.4) is 0 Å². The molecule has 1 N–H and O–H groups in total. The zero-order valence-electron chi connectivity index (χ0n) is 14.9. The second kappa shape index (κ2) is 6.22. The summed E-state index contributed by atoms with van der Waals surface area (Å²) in [6, 6.07) is 8.13. The number of anilines is 1. The van der Waals surface area contributed by atoms with Crippen molar-refractivity contribution in [3.8, 4) is 0 Å². The highest BCUT2D eigenvalue weighted by Gasteiger charge is 2.20. The number of aromatic nitrogens is 3. The Morgan fingerprint density at radius 3 is 2.67 bits per heavy atom. The summed E-state index contributed by atoms with van der Waals surface area (Å²) in [5.41, 5.74) is 2.61. The summed E-state index contributed by atoms with van der Waals surface area (Å²) in [6.07, 6.45) is 0. The maximum atomic E-state index is 6.39. The van der Waals surface area contributed by atoms with Gasteiger partial charge in [0, 0.05) is 18.5 Å². The fourth-order valence-electron chi connectivity index (χ4n) is 3.15. The van der Waals surface area contributed by atoms with E-state index in [1.807, 2.05) is 29.6 Å². The molecule has 24 heavy (non-hydrogen) atoms. The van der Waals surface area contributed by atoms with Gasteiger partial charge in [-0.3, -0.25) is 0 Å². The number of rotatable bonds is 5. The molecule has 0 aliphatic heterocycles. The molecule has 5 nitrogen and oxygen atoms in total. The number of para-hydroxylation sites is 1. The van der Waals surface area contributed by atoms with Crippen molar-refractivity contribution in [2.45, 2.75) is 20.8 Å². The lowest BCUT2D eigenvalue weighted by atomic mass is 9.93. The van der Waals surface area contributed by atoms with E-state index in [-0.39, 0.29) is 5.41 Å². The van der Waals surface area contributed by atoms with Gasteiger partial charge >= 0.3 is 0 Å². The zero-order chi connectivity index (χ0) is 17.5. The molecule has 0 saturated carbocycles. The molecule has 0 bridgehead atoms. The van der Waals surface area contributed by atoms with E-state index in [1.165, 1.54) is 0 Å². The number of hydrogen-bond acceptors (Lipinski definition) is 4. The Morgan fingerprint density at radius 2 is 1.96 bits per heavy atom. The van der Waals surface area contributed by atoms with E-state index in [0.29, 0.717) is 10.7 Å². The monoisotopic (exact) mass is 345 g/mol. The van der Waals surface area contributed by atoms with Crippen LogP contribution < -0.4 is 5.32 Å². The van der Waals surface area contributed by atoms with Crippen LogP contribution >= 0.6 is 11.6 Å². The first kappa shape index (κ1) is 17.0. The molecule has 6 heteroatoms. The summed E-state index contributed by atoms with van der Waals surface area (Å²) in [7, 11) is 4.19. The molecule has 0 unspecified atom stereocenters. The number of hydrogen-bond donors (Lipinski definition) is 1. The van der Waals surface area contributed by atoms with Crippen LogP contribution in [-0.2, 0) is 0 Å². The van der Waals surface area contributed by atoms with Gasteiger partial charge in [-0.05, 0) is 38.6 Å². The summed E-state index contributed by atoms with van der Waals surface area (Å²) in [4.78, 5) is 6.95. The molecule has 0 atom stereocenters. The van der Waals surface area contributed by atoms with Gasteiger partial charge in [0.05, 0.1) is 11.2 Å². The van der Waals surface area contributed by atoms with E-state index < -0.39 is 0 Å². The average molecular weight is 346 g/mol. The second-order valence-electron chi connectivity index (χ2n) is 7.37. The number of halogens is 1. The summed E-state index contributed by atoms with van der Waals surface area (Å²) in [5, 5.41) is 9.70. The van der Waals surface area contributed by atoms with Gasteiger partial charge in [-0.1, -0.05) is 37.6 Å². The molecule has 0 fully saturated rings. The molecule has 0 aliphatic rings. The molecule has 1 aromatic carbocycles. The quantitative estimate of drug-likeness (QED) is 0.763. The van der Waals surface area contributed by atoms with E-state index in [9.17, 15) is 0 Å². The molecule has 0 aliphatic carbocycles. The lowest BCUT2D eigenvalue weighted by molar-refractivity contribution is 0.254. The van der Waals surface area contributed by atoms with Crippen molar-refractivity contribution in [1.29, 1.82) is 0 Å². The van der Waals surface area contributed by atoms with Crippen molar-refractivity contribution in [3.63, 3.8) is 0 Å². The minimum atomic E-state index is 0.123. The Balaban J connectivity index is 2.05. The predicted molar refractivity (Wildman–Crippen MR) is 101 cm³/mol. The van der Waals surface area contributed by atoms with E-state index >= 15 is 0 Å². The third kappa shape index (κ3) is 3.19. The zero-order valence-corrected chi connectivity index (χ0v) is 15.6. The molecule has 2 aromatic heterocycles. The highest BCUT2D eigenvalue weighted by molar-refractivity contribution is 6.34. The first-order chi connectivity index (χ1) is 11.3. The average Bonchev–Trinajstić information content (AvgIpc) is 2.79. The third-order valence-corrected chi connectivity index (χ3v) is 4.49. The first-order valence-electron chi connectivity index (χ1n) is 8.11. The fraction of sp³-hybridized carbons (Fsp3) is 0.444. The van der Waals surface area contributed by atoms with Crippen LogP contribution in [0.1, 0.15) is 19.5 Å². The third-order valence-electron chi connectivity index (χ3n) is 4.05. The number of nitrogens with one attached hydrogen (secondary N) is 1. The molecule has 3 rings (SSSR count). The Hall–Kier alpha value is -1.85. The van der Waals surface area contributed by atoms with Crippen LogP contribution in [0, 0.1) is 12.3 Å². The van der Waals surface area contributed by atoms with Gasteiger partial charge in [-0.15, -0.1) is 0 Å². The molecule has 0 spiro atoms. The van der Waals surface area contributed by atoms with E-state index in [4.69, 9.17) is 16.6 Å². The lowest BCUT2D eigenvalue weighted by Crippen LogP contribution is -2.34. The lowest BCUT2D eigenvalue weighted by Gasteiger charge is -2.28. The maximum absolute atomic E-state index is 6.39. The van der Waals surface area contributed by atoms with E-state index in [0.717, 1.165) is 35.5 Å². The summed E-state index contributed by atoms with van der Waals surface area (Å²) in [5.74, 6) is 0.853. The van der Waals surface area contributed by atoms with E-state index in [1.54, 1.807) is 0 Å². The standard InChI is InChI=1S/C18H24ClN5/c1-12-15(19)17-21-16(20-10-18(2,3)11-23(4)5)13-8-6-7-9-14(13)24(17)22-12/h6-9H,10-11H2,1-5H3,(H,20,21). The number of nitrogens with zero attached hydrogens (tertiary/aromatic N) is 4.